The first-order chi connectivity index (χ1) is 22.4. The van der Waals surface area contributed by atoms with Crippen LogP contribution in [0.25, 0.3) is 12.2 Å². The Morgan fingerprint density at radius 2 is 0.761 bits per heavy atom. The molecule has 4 heteroatoms. The van der Waals surface area contributed by atoms with Crippen LogP contribution in [0, 0.1) is 11.3 Å². The molecule has 0 unspecified atom stereocenters. The van der Waals surface area contributed by atoms with Crippen molar-refractivity contribution in [3.8, 4) is 6.07 Å². The highest BCUT2D eigenvalue weighted by atomic mass is 28.3. The minimum Gasteiger partial charge on any atom is -0.311 e. The van der Waals surface area contributed by atoms with E-state index in [0.717, 1.165) is 45.3 Å². The Morgan fingerprint density at radius 1 is 0.435 bits per heavy atom. The summed E-state index contributed by atoms with van der Waals surface area (Å²) in [6.45, 7) is 7.15. The number of anilines is 6. The van der Waals surface area contributed by atoms with Crippen molar-refractivity contribution in [2.45, 2.75) is 19.6 Å². The van der Waals surface area contributed by atoms with Crippen LogP contribution in [0.2, 0.25) is 19.6 Å². The van der Waals surface area contributed by atoms with Gasteiger partial charge in [-0.15, -0.1) is 0 Å². The zero-order valence-electron chi connectivity index (χ0n) is 26.5. The highest BCUT2D eigenvalue weighted by molar-refractivity contribution is 6.88. The Morgan fingerprint density at radius 3 is 1.11 bits per heavy atom. The first-order valence-electron chi connectivity index (χ1n) is 15.6. The van der Waals surface area contributed by atoms with E-state index < -0.39 is 8.07 Å². The van der Waals surface area contributed by atoms with Crippen LogP contribution in [0.1, 0.15) is 16.7 Å². The van der Waals surface area contributed by atoms with Gasteiger partial charge in [0.1, 0.15) is 0 Å². The molecule has 0 aliphatic carbocycles. The second kappa shape index (κ2) is 13.6. The molecular formula is C42H37N3Si. The highest BCUT2D eigenvalue weighted by Gasteiger charge is 2.18. The predicted molar refractivity (Wildman–Crippen MR) is 199 cm³/mol. The van der Waals surface area contributed by atoms with Gasteiger partial charge in [0.15, 0.2) is 0 Å². The molecule has 0 atom stereocenters. The molecule has 0 N–H and O–H groups in total. The van der Waals surface area contributed by atoms with Crippen molar-refractivity contribution in [1.29, 1.82) is 5.26 Å². The summed E-state index contributed by atoms with van der Waals surface area (Å²) in [5.74, 6) is 0. The summed E-state index contributed by atoms with van der Waals surface area (Å²) in [5, 5.41) is 10.7. The minimum absolute atomic E-state index is 0.647. The van der Waals surface area contributed by atoms with E-state index in [1.807, 2.05) is 42.5 Å². The highest BCUT2D eigenvalue weighted by Crippen LogP contribution is 2.36. The Labute approximate surface area is 274 Å². The van der Waals surface area contributed by atoms with Crippen molar-refractivity contribution in [1.82, 2.24) is 0 Å². The van der Waals surface area contributed by atoms with E-state index in [9.17, 15) is 5.26 Å². The zero-order chi connectivity index (χ0) is 31.9. The number of para-hydroxylation sites is 2. The maximum atomic E-state index is 9.26. The lowest BCUT2D eigenvalue weighted by atomic mass is 10.1. The minimum atomic E-state index is -1.38. The molecule has 3 nitrogen and oxygen atoms in total. The lowest BCUT2D eigenvalue weighted by Gasteiger charge is -2.26. The molecule has 0 radical (unpaired) electrons. The molecule has 0 saturated carbocycles. The van der Waals surface area contributed by atoms with Gasteiger partial charge in [0.25, 0.3) is 0 Å². The molecule has 0 spiro atoms. The van der Waals surface area contributed by atoms with Crippen LogP contribution in [-0.2, 0) is 0 Å². The molecule has 0 aromatic heterocycles. The van der Waals surface area contributed by atoms with E-state index in [4.69, 9.17) is 0 Å². The van der Waals surface area contributed by atoms with E-state index in [1.165, 1.54) is 5.19 Å². The standard InChI is InChI=1S/C42H37N3Si/c1-46(2,3)42-30-28-41(29-31-42)45(37-12-8-5-9-13-37)39-24-18-34(19-25-39)15-14-33-16-22-38(23-17-33)44(36-10-6-4-7-11-36)40-26-20-35(32-43)21-27-40/h4-31H,1-3H3/b15-14+. The average molecular weight is 612 g/mol. The molecule has 0 bridgehead atoms. The molecule has 46 heavy (non-hydrogen) atoms. The molecule has 0 saturated heterocycles. The van der Waals surface area contributed by atoms with Crippen molar-refractivity contribution < 1.29 is 0 Å². The van der Waals surface area contributed by atoms with Crippen LogP contribution < -0.4 is 15.0 Å². The van der Waals surface area contributed by atoms with E-state index in [0.29, 0.717) is 5.56 Å². The van der Waals surface area contributed by atoms with Crippen LogP contribution in [0.3, 0.4) is 0 Å². The summed E-state index contributed by atoms with van der Waals surface area (Å²) >= 11 is 0. The first-order valence-corrected chi connectivity index (χ1v) is 19.1. The van der Waals surface area contributed by atoms with Crippen LogP contribution in [0.15, 0.2) is 158 Å². The lowest BCUT2D eigenvalue weighted by Crippen LogP contribution is -2.37. The molecule has 0 fully saturated rings. The Balaban J connectivity index is 1.23. The van der Waals surface area contributed by atoms with E-state index in [2.05, 4.69) is 163 Å². The normalized spacial score (nSPS) is 11.3. The van der Waals surface area contributed by atoms with Gasteiger partial charge in [0.05, 0.1) is 19.7 Å². The van der Waals surface area contributed by atoms with E-state index in [-0.39, 0.29) is 0 Å². The molecule has 6 aromatic rings. The fraction of sp³-hybridized carbons (Fsp3) is 0.0714. The largest absolute Gasteiger partial charge is 0.311 e. The van der Waals surface area contributed by atoms with Gasteiger partial charge in [-0.2, -0.15) is 5.26 Å². The lowest BCUT2D eigenvalue weighted by molar-refractivity contribution is 1.28. The smallest absolute Gasteiger partial charge is 0.0991 e. The Bertz CT molecular complexity index is 1930. The third-order valence-corrected chi connectivity index (χ3v) is 10.1. The first kappa shape index (κ1) is 30.4. The maximum absolute atomic E-state index is 9.26. The summed E-state index contributed by atoms with van der Waals surface area (Å²) < 4.78 is 0. The summed E-state index contributed by atoms with van der Waals surface area (Å²) in [6, 6.07) is 57.1. The number of hydrogen-bond donors (Lipinski definition) is 0. The van der Waals surface area contributed by atoms with Gasteiger partial charge in [0.2, 0.25) is 0 Å². The molecule has 0 heterocycles. The van der Waals surface area contributed by atoms with Crippen molar-refractivity contribution in [3.63, 3.8) is 0 Å². The number of hydrogen-bond acceptors (Lipinski definition) is 3. The molecule has 6 aromatic carbocycles. The molecular weight excluding hydrogens is 575 g/mol. The molecule has 0 aliphatic heterocycles. The summed E-state index contributed by atoms with van der Waals surface area (Å²) in [5.41, 5.74) is 9.44. The second-order valence-electron chi connectivity index (χ2n) is 12.3. The predicted octanol–water partition coefficient (Wildman–Crippen LogP) is 11.2. The van der Waals surface area contributed by atoms with Crippen molar-refractivity contribution in [2.75, 3.05) is 9.80 Å². The average Bonchev–Trinajstić information content (AvgIpc) is 3.10. The third kappa shape index (κ3) is 7.02. The van der Waals surface area contributed by atoms with Gasteiger partial charge < -0.3 is 9.80 Å². The number of benzene rings is 6. The van der Waals surface area contributed by atoms with Gasteiger partial charge in [-0.1, -0.05) is 110 Å². The molecule has 224 valence electrons. The van der Waals surface area contributed by atoms with Gasteiger partial charge >= 0.3 is 0 Å². The van der Waals surface area contributed by atoms with Crippen molar-refractivity contribution >= 4 is 59.5 Å². The van der Waals surface area contributed by atoms with Gasteiger partial charge in [-0.25, -0.2) is 0 Å². The quantitative estimate of drug-likeness (QED) is 0.120. The third-order valence-electron chi connectivity index (χ3n) is 8.05. The molecule has 0 aliphatic rings. The van der Waals surface area contributed by atoms with Crippen LogP contribution in [0.4, 0.5) is 34.1 Å². The summed E-state index contributed by atoms with van der Waals surface area (Å²) in [6.07, 6.45) is 4.31. The molecule has 0 amide bonds. The monoisotopic (exact) mass is 611 g/mol. The van der Waals surface area contributed by atoms with Gasteiger partial charge in [-0.05, 0) is 96.1 Å². The number of rotatable bonds is 9. The van der Waals surface area contributed by atoms with Crippen molar-refractivity contribution in [2.24, 2.45) is 0 Å². The fourth-order valence-corrected chi connectivity index (χ4v) is 6.67. The van der Waals surface area contributed by atoms with Crippen LogP contribution in [-0.4, -0.2) is 8.07 Å². The zero-order valence-corrected chi connectivity index (χ0v) is 27.5. The van der Waals surface area contributed by atoms with Crippen LogP contribution >= 0.6 is 0 Å². The fourth-order valence-electron chi connectivity index (χ4n) is 5.51. The Hall–Kier alpha value is -5.63. The van der Waals surface area contributed by atoms with Gasteiger partial charge in [-0.3, -0.25) is 0 Å². The van der Waals surface area contributed by atoms with E-state index in [1.54, 1.807) is 0 Å². The SMILES string of the molecule is C[Si](C)(C)c1ccc(N(c2ccccc2)c2ccc(/C=C/c3ccc(N(c4ccccc4)c4ccc(C#N)cc4)cc3)cc2)cc1. The number of nitriles is 1. The van der Waals surface area contributed by atoms with Crippen molar-refractivity contribution in [3.05, 3.63) is 174 Å². The summed E-state index contributed by atoms with van der Waals surface area (Å²) in [4.78, 5) is 4.51. The Kier molecular flexibility index (Phi) is 8.96. The summed E-state index contributed by atoms with van der Waals surface area (Å²) in [7, 11) is -1.38. The topological polar surface area (TPSA) is 30.3 Å². The van der Waals surface area contributed by atoms with Crippen LogP contribution in [0.5, 0.6) is 0 Å². The maximum Gasteiger partial charge on any atom is 0.0991 e. The molecule has 6 rings (SSSR count). The second-order valence-corrected chi connectivity index (χ2v) is 17.4. The van der Waals surface area contributed by atoms with E-state index >= 15 is 0 Å². The number of nitrogens with zero attached hydrogens (tertiary/aromatic N) is 3. The van der Waals surface area contributed by atoms with Gasteiger partial charge in [0, 0.05) is 34.1 Å².